The van der Waals surface area contributed by atoms with Crippen molar-refractivity contribution in [3.63, 3.8) is 0 Å². The molecule has 0 unspecified atom stereocenters. The highest BCUT2D eigenvalue weighted by atomic mass is 19.1. The van der Waals surface area contributed by atoms with Crippen LogP contribution in [0.15, 0.2) is 72.9 Å². The molecule has 1 aliphatic carbocycles. The number of fused-ring (bicyclic) bond motifs is 1. The van der Waals surface area contributed by atoms with Crippen molar-refractivity contribution < 1.29 is 28.6 Å². The zero-order valence-corrected chi connectivity index (χ0v) is 28.3. The first-order chi connectivity index (χ1) is 23.0. The molecule has 2 amide bonds. The van der Waals surface area contributed by atoms with Crippen LogP contribution >= 0.6 is 0 Å². The van der Waals surface area contributed by atoms with Gasteiger partial charge in [0.1, 0.15) is 17.2 Å². The third-order valence-corrected chi connectivity index (χ3v) is 9.39. The summed E-state index contributed by atoms with van der Waals surface area (Å²) in [6.45, 7) is 7.80. The van der Waals surface area contributed by atoms with Crippen LogP contribution in [0.25, 0.3) is 22.0 Å². The van der Waals surface area contributed by atoms with Crippen molar-refractivity contribution in [2.24, 2.45) is 5.92 Å². The van der Waals surface area contributed by atoms with Crippen LogP contribution in [-0.2, 0) is 27.4 Å². The molecule has 8 nitrogen and oxygen atoms in total. The van der Waals surface area contributed by atoms with Crippen molar-refractivity contribution in [3.8, 4) is 16.9 Å². The topological polar surface area (TPSA) is 84.2 Å². The Kier molecular flexibility index (Phi) is 9.78. The average molecular weight is 656 g/mol. The Hall–Kier alpha value is -4.37. The summed E-state index contributed by atoms with van der Waals surface area (Å²) >= 11 is 0. The number of benzene rings is 3. The van der Waals surface area contributed by atoms with Gasteiger partial charge in [-0.1, -0.05) is 42.5 Å². The molecular weight excluding hydrogens is 609 g/mol. The fourth-order valence-corrected chi connectivity index (χ4v) is 6.94. The second kappa shape index (κ2) is 14.0. The Morgan fingerprint density at radius 1 is 1.00 bits per heavy atom. The molecule has 48 heavy (non-hydrogen) atoms. The first kappa shape index (κ1) is 33.5. The molecule has 9 heteroatoms. The minimum absolute atomic E-state index is 0.0255. The molecule has 6 rings (SSSR count). The minimum atomic E-state index is -0.659. The number of methoxy groups -OCH3 is 1. The molecule has 0 radical (unpaired) electrons. The number of nitrogens with zero attached hydrogens (tertiary/aromatic N) is 3. The SMILES string of the molecule is COCCCn1cc(CN(C(=O)[C@H]2CN(C(=O)OC(C)(C)C)CC[C@@H]2c2cccc(-c3ccc(O)cc3)c2)C2CC2)c2c(F)cccc21. The highest BCUT2D eigenvalue weighted by Gasteiger charge is 2.43. The van der Waals surface area contributed by atoms with Crippen molar-refractivity contribution in [1.29, 1.82) is 0 Å². The molecule has 2 heterocycles. The summed E-state index contributed by atoms with van der Waals surface area (Å²) in [4.78, 5) is 31.8. The lowest BCUT2D eigenvalue weighted by Crippen LogP contribution is -2.51. The van der Waals surface area contributed by atoms with Gasteiger partial charge in [-0.2, -0.15) is 0 Å². The summed E-state index contributed by atoms with van der Waals surface area (Å²) in [5.41, 5.74) is 3.91. The van der Waals surface area contributed by atoms with E-state index in [-0.39, 0.29) is 36.0 Å². The largest absolute Gasteiger partial charge is 0.508 e. The van der Waals surface area contributed by atoms with E-state index in [4.69, 9.17) is 9.47 Å². The lowest BCUT2D eigenvalue weighted by Gasteiger charge is -2.40. The van der Waals surface area contributed by atoms with E-state index in [1.165, 1.54) is 6.07 Å². The van der Waals surface area contributed by atoms with Gasteiger partial charge in [-0.05, 0) is 98.9 Å². The predicted molar refractivity (Wildman–Crippen MR) is 184 cm³/mol. The first-order valence-corrected chi connectivity index (χ1v) is 17.0. The van der Waals surface area contributed by atoms with E-state index in [1.54, 1.807) is 30.2 Å². The number of halogens is 1. The number of rotatable bonds is 10. The summed E-state index contributed by atoms with van der Waals surface area (Å²) in [5.74, 6) is -0.770. The Morgan fingerprint density at radius 3 is 2.46 bits per heavy atom. The zero-order valence-electron chi connectivity index (χ0n) is 28.3. The van der Waals surface area contributed by atoms with Crippen LogP contribution in [0.4, 0.5) is 9.18 Å². The van der Waals surface area contributed by atoms with Crippen molar-refractivity contribution >= 4 is 22.9 Å². The molecule has 3 aromatic carbocycles. The van der Waals surface area contributed by atoms with Crippen molar-refractivity contribution in [2.75, 3.05) is 26.8 Å². The normalized spacial score (nSPS) is 18.2. The highest BCUT2D eigenvalue weighted by molar-refractivity contribution is 5.86. The summed E-state index contributed by atoms with van der Waals surface area (Å²) < 4.78 is 28.5. The van der Waals surface area contributed by atoms with Crippen LogP contribution < -0.4 is 0 Å². The van der Waals surface area contributed by atoms with Gasteiger partial charge in [-0.15, -0.1) is 0 Å². The number of phenolic OH excluding ortho intramolecular Hbond substituents is 1. The van der Waals surface area contributed by atoms with Gasteiger partial charge in [0.25, 0.3) is 0 Å². The third-order valence-electron chi connectivity index (χ3n) is 9.39. The molecular formula is C39H46FN3O5. The molecule has 1 saturated heterocycles. The predicted octanol–water partition coefficient (Wildman–Crippen LogP) is 7.72. The highest BCUT2D eigenvalue weighted by Crippen LogP contribution is 2.40. The summed E-state index contributed by atoms with van der Waals surface area (Å²) in [7, 11) is 1.67. The number of phenols is 1. The van der Waals surface area contributed by atoms with E-state index in [9.17, 15) is 14.7 Å². The van der Waals surface area contributed by atoms with E-state index < -0.39 is 17.6 Å². The molecule has 1 N–H and O–H groups in total. The number of aromatic nitrogens is 1. The second-order valence-corrected chi connectivity index (χ2v) is 14.1. The number of hydrogen-bond donors (Lipinski definition) is 1. The van der Waals surface area contributed by atoms with Crippen LogP contribution in [0.5, 0.6) is 5.75 Å². The van der Waals surface area contributed by atoms with Crippen molar-refractivity contribution in [3.05, 3.63) is 89.9 Å². The molecule has 0 bridgehead atoms. The van der Waals surface area contributed by atoms with Crippen molar-refractivity contribution in [1.82, 2.24) is 14.4 Å². The van der Waals surface area contributed by atoms with Gasteiger partial charge in [0.2, 0.25) is 5.91 Å². The van der Waals surface area contributed by atoms with Gasteiger partial charge in [0.05, 0.1) is 11.4 Å². The maximum Gasteiger partial charge on any atom is 0.410 e. The lowest BCUT2D eigenvalue weighted by atomic mass is 9.79. The zero-order chi connectivity index (χ0) is 34.0. The number of hydrogen-bond acceptors (Lipinski definition) is 5. The van der Waals surface area contributed by atoms with E-state index >= 15 is 4.39 Å². The van der Waals surface area contributed by atoms with Crippen LogP contribution in [0.2, 0.25) is 0 Å². The van der Waals surface area contributed by atoms with Gasteiger partial charge in [0, 0.05) is 57.5 Å². The summed E-state index contributed by atoms with van der Waals surface area (Å²) in [6.07, 6.45) is 4.73. The van der Waals surface area contributed by atoms with Crippen LogP contribution in [0.3, 0.4) is 0 Å². The number of amides is 2. The maximum atomic E-state index is 15.4. The second-order valence-electron chi connectivity index (χ2n) is 14.1. The number of likely N-dealkylation sites (tertiary alicyclic amines) is 1. The lowest BCUT2D eigenvalue weighted by molar-refractivity contribution is -0.139. The fraction of sp³-hybridized carbons (Fsp3) is 0.436. The van der Waals surface area contributed by atoms with E-state index in [2.05, 4.69) is 16.7 Å². The number of aromatic hydroxyl groups is 1. The van der Waals surface area contributed by atoms with Crippen molar-refractivity contribution in [2.45, 2.75) is 77.1 Å². The molecule has 4 aromatic rings. The molecule has 254 valence electrons. The van der Waals surface area contributed by atoms with Crippen LogP contribution in [-0.4, -0.2) is 69.9 Å². The molecule has 1 aromatic heterocycles. The Labute approximate surface area is 282 Å². The smallest absolute Gasteiger partial charge is 0.410 e. The number of aryl methyl sites for hydroxylation is 1. The molecule has 1 saturated carbocycles. The minimum Gasteiger partial charge on any atom is -0.508 e. The van der Waals surface area contributed by atoms with Gasteiger partial charge >= 0.3 is 6.09 Å². The Balaban J connectivity index is 1.34. The monoisotopic (exact) mass is 655 g/mol. The molecule has 0 spiro atoms. The van der Waals surface area contributed by atoms with Gasteiger partial charge in [-0.3, -0.25) is 4.79 Å². The number of ether oxygens (including phenoxy) is 2. The fourth-order valence-electron chi connectivity index (χ4n) is 6.94. The standard InChI is InChI=1S/C39H46FN3O5/c1-39(2,3)48-38(46)42-20-18-32(28-9-5-8-27(22-28)26-12-16-31(44)17-13-26)33(25-42)37(45)43(30-14-15-30)24-29-23-41(19-7-21-47-4)35-11-6-10-34(40)36(29)35/h5-6,8-13,16-17,22-23,30,32-33,44H,7,14-15,18-21,24-25H2,1-4H3/t32-,33+/m1/s1. The van der Waals surface area contributed by atoms with E-state index in [0.29, 0.717) is 38.0 Å². The number of carbonyl (C=O) groups is 2. The van der Waals surface area contributed by atoms with E-state index in [1.807, 2.05) is 62.2 Å². The maximum absolute atomic E-state index is 15.4. The van der Waals surface area contributed by atoms with Crippen LogP contribution in [0, 0.1) is 11.7 Å². The Morgan fingerprint density at radius 2 is 1.75 bits per heavy atom. The summed E-state index contributed by atoms with van der Waals surface area (Å²) in [5, 5.41) is 10.4. The molecule has 2 fully saturated rings. The quantitative estimate of drug-likeness (QED) is 0.177. The molecule has 1 aliphatic heterocycles. The number of carbonyl (C=O) groups excluding carboxylic acids is 2. The third kappa shape index (κ3) is 7.51. The Bertz CT molecular complexity index is 1760. The van der Waals surface area contributed by atoms with Gasteiger partial charge < -0.3 is 28.9 Å². The van der Waals surface area contributed by atoms with Gasteiger partial charge in [0.15, 0.2) is 0 Å². The molecule has 2 aliphatic rings. The van der Waals surface area contributed by atoms with Crippen LogP contribution in [0.1, 0.15) is 63.5 Å². The van der Waals surface area contributed by atoms with Gasteiger partial charge in [-0.25, -0.2) is 9.18 Å². The number of piperidine rings is 1. The van der Waals surface area contributed by atoms with E-state index in [0.717, 1.165) is 47.0 Å². The first-order valence-electron chi connectivity index (χ1n) is 17.0. The average Bonchev–Trinajstić information content (AvgIpc) is 3.84. The molecule has 2 atom stereocenters. The summed E-state index contributed by atoms with van der Waals surface area (Å²) in [6, 6.07) is 20.5.